The predicted molar refractivity (Wildman–Crippen MR) is 162 cm³/mol. The summed E-state index contributed by atoms with van der Waals surface area (Å²) in [6.45, 7) is 5.41. The van der Waals surface area contributed by atoms with Gasteiger partial charge in [-0.05, 0) is 85.6 Å². The van der Waals surface area contributed by atoms with Crippen molar-refractivity contribution in [3.8, 4) is 17.2 Å². The largest absolute Gasteiger partial charge is 0.493 e. The smallest absolute Gasteiger partial charge is 0.294 e. The van der Waals surface area contributed by atoms with Crippen LogP contribution in [0.25, 0.3) is 6.08 Å². The third kappa shape index (κ3) is 7.49. The number of hydrogen-bond acceptors (Lipinski definition) is 8. The molecule has 4 rings (SSSR count). The molecule has 0 bridgehead atoms. The molecule has 218 valence electrons. The Morgan fingerprint density at radius 2 is 1.64 bits per heavy atom. The van der Waals surface area contributed by atoms with Gasteiger partial charge in [0.1, 0.15) is 12.3 Å². The lowest BCUT2D eigenvalue weighted by molar-refractivity contribution is -0.127. The number of rotatable bonds is 11. The molecule has 1 fully saturated rings. The highest BCUT2D eigenvalue weighted by Gasteiger charge is 2.36. The summed E-state index contributed by atoms with van der Waals surface area (Å²) in [6.07, 6.45) is 1.54. The number of carbonyl (C=O) groups is 4. The molecular weight excluding hydrogens is 558 g/mol. The molecule has 0 aliphatic carbocycles. The van der Waals surface area contributed by atoms with Gasteiger partial charge in [0.05, 0.1) is 24.3 Å². The molecule has 1 saturated heterocycles. The van der Waals surface area contributed by atoms with Gasteiger partial charge in [0.25, 0.3) is 17.1 Å². The van der Waals surface area contributed by atoms with Crippen molar-refractivity contribution in [3.63, 3.8) is 0 Å². The molecule has 0 spiro atoms. The maximum atomic E-state index is 13.0. The van der Waals surface area contributed by atoms with Crippen LogP contribution in [0.15, 0.2) is 65.6 Å². The number of nitrogens with zero attached hydrogens (tertiary/aromatic N) is 1. The molecule has 10 nitrogen and oxygen atoms in total. The van der Waals surface area contributed by atoms with Crippen LogP contribution in [-0.2, 0) is 14.4 Å². The summed E-state index contributed by atoms with van der Waals surface area (Å²) in [5, 5.41) is 4.99. The molecule has 3 aromatic carbocycles. The second-order valence-electron chi connectivity index (χ2n) is 9.31. The number of methoxy groups -OCH3 is 1. The first-order chi connectivity index (χ1) is 20.2. The third-order valence-corrected chi connectivity index (χ3v) is 7.06. The van der Waals surface area contributed by atoms with Crippen molar-refractivity contribution in [3.05, 3.63) is 82.3 Å². The van der Waals surface area contributed by atoms with Gasteiger partial charge < -0.3 is 24.8 Å². The standard InChI is InChI=1S/C31H31N3O7S/c1-5-40-24-9-7-6-8-22(24)32-29(36)18-41-25-13-12-21(15-26(25)39-4)16-27-30(37)34(31(38)42-27)17-28(35)33-23-14-19(2)10-11-20(23)3/h6-16H,5,17-18H2,1-4H3,(H,32,36)(H,33,35)/b27-16+. The minimum absolute atomic E-state index is 0.169. The molecule has 1 heterocycles. The quantitative estimate of drug-likeness (QED) is 0.285. The Kier molecular flexibility index (Phi) is 9.87. The highest BCUT2D eigenvalue weighted by molar-refractivity contribution is 8.18. The number of imide groups is 1. The van der Waals surface area contributed by atoms with E-state index in [1.807, 2.05) is 45.0 Å². The number of ether oxygens (including phenoxy) is 3. The van der Waals surface area contributed by atoms with E-state index in [0.29, 0.717) is 40.8 Å². The van der Waals surface area contributed by atoms with Crippen molar-refractivity contribution in [1.82, 2.24) is 4.90 Å². The molecule has 0 aromatic heterocycles. The lowest BCUT2D eigenvalue weighted by atomic mass is 10.1. The van der Waals surface area contributed by atoms with Gasteiger partial charge in [-0.15, -0.1) is 0 Å². The Balaban J connectivity index is 1.38. The van der Waals surface area contributed by atoms with Crippen LogP contribution < -0.4 is 24.8 Å². The molecular formula is C31H31N3O7S. The Hall–Kier alpha value is -4.77. The van der Waals surface area contributed by atoms with Crippen molar-refractivity contribution in [2.45, 2.75) is 20.8 Å². The minimum atomic E-state index is -0.565. The normalized spacial score (nSPS) is 13.7. The van der Waals surface area contributed by atoms with Crippen LogP contribution in [0.2, 0.25) is 0 Å². The van der Waals surface area contributed by atoms with Crippen LogP contribution in [0.1, 0.15) is 23.6 Å². The van der Waals surface area contributed by atoms with Crippen molar-refractivity contribution in [1.29, 1.82) is 0 Å². The van der Waals surface area contributed by atoms with Crippen LogP contribution >= 0.6 is 11.8 Å². The number of nitrogens with one attached hydrogen (secondary N) is 2. The van der Waals surface area contributed by atoms with E-state index in [1.54, 1.807) is 36.4 Å². The summed E-state index contributed by atoms with van der Waals surface area (Å²) in [7, 11) is 1.45. The second-order valence-corrected chi connectivity index (χ2v) is 10.3. The predicted octanol–water partition coefficient (Wildman–Crippen LogP) is 5.40. The summed E-state index contributed by atoms with van der Waals surface area (Å²) in [5.74, 6) is -0.215. The van der Waals surface area contributed by atoms with Gasteiger partial charge in [0, 0.05) is 5.69 Å². The number of hydrogen-bond donors (Lipinski definition) is 2. The lowest BCUT2D eigenvalue weighted by Gasteiger charge is -2.14. The first-order valence-corrected chi connectivity index (χ1v) is 13.9. The zero-order valence-electron chi connectivity index (χ0n) is 23.7. The third-order valence-electron chi connectivity index (χ3n) is 6.15. The van der Waals surface area contributed by atoms with Gasteiger partial charge in [0.2, 0.25) is 5.91 Å². The number of aryl methyl sites for hydroxylation is 2. The summed E-state index contributed by atoms with van der Waals surface area (Å²) in [6, 6.07) is 17.6. The number of thioether (sulfide) groups is 1. The molecule has 2 N–H and O–H groups in total. The fraction of sp³-hybridized carbons (Fsp3) is 0.226. The monoisotopic (exact) mass is 589 g/mol. The maximum Gasteiger partial charge on any atom is 0.294 e. The SMILES string of the molecule is CCOc1ccccc1NC(=O)COc1ccc(/C=C2/SC(=O)N(CC(=O)Nc3cc(C)ccc3C)C2=O)cc1OC. The highest BCUT2D eigenvalue weighted by Crippen LogP contribution is 2.34. The molecule has 11 heteroatoms. The van der Waals surface area contributed by atoms with Crippen LogP contribution in [0.4, 0.5) is 16.2 Å². The highest BCUT2D eigenvalue weighted by atomic mass is 32.2. The number of carbonyl (C=O) groups excluding carboxylic acids is 4. The maximum absolute atomic E-state index is 13.0. The van der Waals surface area contributed by atoms with Gasteiger partial charge >= 0.3 is 0 Å². The molecule has 3 aromatic rings. The number of amides is 4. The summed E-state index contributed by atoms with van der Waals surface area (Å²) < 4.78 is 16.6. The molecule has 1 aliphatic heterocycles. The van der Waals surface area contributed by atoms with E-state index >= 15 is 0 Å². The van der Waals surface area contributed by atoms with Crippen LogP contribution in [0.5, 0.6) is 17.2 Å². The van der Waals surface area contributed by atoms with E-state index in [4.69, 9.17) is 14.2 Å². The topological polar surface area (TPSA) is 123 Å². The van der Waals surface area contributed by atoms with Gasteiger partial charge in [-0.25, -0.2) is 0 Å². The number of para-hydroxylation sites is 2. The molecule has 1 aliphatic rings. The molecule has 42 heavy (non-hydrogen) atoms. The fourth-order valence-electron chi connectivity index (χ4n) is 4.07. The molecule has 0 saturated carbocycles. The molecule has 0 unspecified atom stereocenters. The summed E-state index contributed by atoms with van der Waals surface area (Å²) in [5.41, 5.74) is 3.58. The van der Waals surface area contributed by atoms with Crippen LogP contribution in [0, 0.1) is 13.8 Å². The summed E-state index contributed by atoms with van der Waals surface area (Å²) >= 11 is 0.751. The van der Waals surface area contributed by atoms with Crippen LogP contribution in [0.3, 0.4) is 0 Å². The summed E-state index contributed by atoms with van der Waals surface area (Å²) in [4.78, 5) is 51.7. The zero-order chi connectivity index (χ0) is 30.2. The van der Waals surface area contributed by atoms with Crippen molar-refractivity contribution in [2.75, 3.05) is 37.5 Å². The lowest BCUT2D eigenvalue weighted by Crippen LogP contribution is -2.36. The van der Waals surface area contributed by atoms with Gasteiger partial charge in [0.15, 0.2) is 18.1 Å². The van der Waals surface area contributed by atoms with E-state index in [2.05, 4.69) is 10.6 Å². The zero-order valence-corrected chi connectivity index (χ0v) is 24.5. The van der Waals surface area contributed by atoms with Gasteiger partial charge in [-0.3, -0.25) is 24.1 Å². The number of anilines is 2. The average Bonchev–Trinajstić information content (AvgIpc) is 3.22. The first-order valence-electron chi connectivity index (χ1n) is 13.1. The van der Waals surface area contributed by atoms with E-state index < -0.39 is 23.6 Å². The van der Waals surface area contributed by atoms with Crippen molar-refractivity contribution in [2.24, 2.45) is 0 Å². The molecule has 0 radical (unpaired) electrons. The van der Waals surface area contributed by atoms with Gasteiger partial charge in [-0.2, -0.15) is 0 Å². The van der Waals surface area contributed by atoms with Crippen molar-refractivity contribution < 1.29 is 33.4 Å². The number of benzene rings is 3. The van der Waals surface area contributed by atoms with E-state index in [1.165, 1.54) is 13.2 Å². The average molecular weight is 590 g/mol. The van der Waals surface area contributed by atoms with E-state index in [-0.39, 0.29) is 17.4 Å². The Morgan fingerprint density at radius 3 is 2.40 bits per heavy atom. The Morgan fingerprint density at radius 1 is 0.881 bits per heavy atom. The van der Waals surface area contributed by atoms with Crippen LogP contribution in [-0.4, -0.2) is 54.7 Å². The molecule has 0 atom stereocenters. The Labute approximate surface area is 248 Å². The van der Waals surface area contributed by atoms with E-state index in [9.17, 15) is 19.2 Å². The fourth-order valence-corrected chi connectivity index (χ4v) is 4.90. The first kappa shape index (κ1) is 30.2. The van der Waals surface area contributed by atoms with Crippen molar-refractivity contribution >= 4 is 52.2 Å². The second kappa shape index (κ2) is 13.7. The van der Waals surface area contributed by atoms with E-state index in [0.717, 1.165) is 27.8 Å². The van der Waals surface area contributed by atoms with Gasteiger partial charge in [-0.1, -0.05) is 30.3 Å². The Bertz CT molecular complexity index is 1550. The minimum Gasteiger partial charge on any atom is -0.493 e. The molecule has 4 amide bonds.